The van der Waals surface area contributed by atoms with Gasteiger partial charge in [-0.25, -0.2) is 4.98 Å². The first-order chi connectivity index (χ1) is 17.7. The Bertz CT molecular complexity index is 1430. The number of hydrogen-bond acceptors (Lipinski definition) is 4. The van der Waals surface area contributed by atoms with Gasteiger partial charge in [-0.3, -0.25) is 14.3 Å². The third-order valence-electron chi connectivity index (χ3n) is 6.11. The van der Waals surface area contributed by atoms with Crippen molar-refractivity contribution in [2.75, 3.05) is 0 Å². The summed E-state index contributed by atoms with van der Waals surface area (Å²) in [5.74, 6) is 1.65. The first kappa shape index (κ1) is 23.3. The van der Waals surface area contributed by atoms with Gasteiger partial charge in [-0.05, 0) is 55.0 Å². The van der Waals surface area contributed by atoms with E-state index in [2.05, 4.69) is 33.1 Å². The molecule has 0 aliphatic rings. The number of imidazole rings is 1. The molecular formula is C30H28N4O2. The lowest BCUT2D eigenvalue weighted by Crippen LogP contribution is -2.27. The number of amides is 1. The molecule has 0 bridgehead atoms. The Labute approximate surface area is 210 Å². The molecule has 6 heteroatoms. The minimum absolute atomic E-state index is 0.00827. The third kappa shape index (κ3) is 5.44. The topological polar surface area (TPSA) is 69.0 Å². The maximum atomic E-state index is 12.8. The highest BCUT2D eigenvalue weighted by molar-refractivity contribution is 5.79. The van der Waals surface area contributed by atoms with Crippen molar-refractivity contribution in [2.45, 2.75) is 32.4 Å². The fourth-order valence-corrected chi connectivity index (χ4v) is 4.23. The summed E-state index contributed by atoms with van der Waals surface area (Å²) in [6, 6.07) is 29.8. The number of nitrogens with zero attached hydrogens (tertiary/aromatic N) is 3. The van der Waals surface area contributed by atoms with Crippen molar-refractivity contribution in [2.24, 2.45) is 0 Å². The molecule has 1 amide bonds. The van der Waals surface area contributed by atoms with E-state index in [4.69, 9.17) is 9.72 Å². The van der Waals surface area contributed by atoms with Gasteiger partial charge in [0.25, 0.3) is 0 Å². The average molecular weight is 477 g/mol. The van der Waals surface area contributed by atoms with Crippen LogP contribution in [-0.4, -0.2) is 20.4 Å². The average Bonchev–Trinajstić information content (AvgIpc) is 3.30. The van der Waals surface area contributed by atoms with E-state index in [1.807, 2.05) is 79.7 Å². The van der Waals surface area contributed by atoms with Crippen LogP contribution in [0.5, 0.6) is 5.75 Å². The number of pyridine rings is 1. The van der Waals surface area contributed by atoms with Crippen LogP contribution in [0.4, 0.5) is 0 Å². The fraction of sp³-hybridized carbons (Fsp3) is 0.167. The zero-order valence-corrected chi connectivity index (χ0v) is 20.2. The third-order valence-corrected chi connectivity index (χ3v) is 6.11. The Morgan fingerprint density at radius 2 is 1.72 bits per heavy atom. The van der Waals surface area contributed by atoms with Crippen molar-refractivity contribution in [3.05, 3.63) is 120 Å². The van der Waals surface area contributed by atoms with Crippen molar-refractivity contribution >= 4 is 16.9 Å². The van der Waals surface area contributed by atoms with Gasteiger partial charge < -0.3 is 10.1 Å². The number of rotatable bonds is 9. The fourth-order valence-electron chi connectivity index (χ4n) is 4.23. The minimum Gasteiger partial charge on any atom is -0.489 e. The number of nitrogens with one attached hydrogen (secondary N) is 1. The van der Waals surface area contributed by atoms with E-state index in [9.17, 15) is 4.79 Å². The molecule has 36 heavy (non-hydrogen) atoms. The van der Waals surface area contributed by atoms with Crippen molar-refractivity contribution in [3.63, 3.8) is 0 Å². The molecule has 0 saturated carbocycles. The van der Waals surface area contributed by atoms with Crippen LogP contribution in [-0.2, 0) is 17.8 Å². The molecule has 1 atom stereocenters. The molecule has 5 rings (SSSR count). The van der Waals surface area contributed by atoms with Crippen molar-refractivity contribution in [1.29, 1.82) is 0 Å². The van der Waals surface area contributed by atoms with Gasteiger partial charge in [0.15, 0.2) is 0 Å². The molecule has 3 aromatic carbocycles. The van der Waals surface area contributed by atoms with Crippen LogP contribution in [0.2, 0.25) is 0 Å². The standard InChI is InChI=1S/C30H28N4O2/c1-22(24-13-15-26(16-14-24)36-21-23-8-7-19-31-20-23)32-30(35)18-17-29-33-27-11-5-6-12-28(27)34(29)25-9-3-2-4-10-25/h2-16,19-20,22H,17-18,21H2,1H3,(H,32,35). The predicted molar refractivity (Wildman–Crippen MR) is 141 cm³/mol. The smallest absolute Gasteiger partial charge is 0.220 e. The van der Waals surface area contributed by atoms with E-state index in [0.29, 0.717) is 19.4 Å². The van der Waals surface area contributed by atoms with Crippen LogP contribution in [0.15, 0.2) is 103 Å². The molecule has 2 aromatic heterocycles. The van der Waals surface area contributed by atoms with E-state index >= 15 is 0 Å². The molecule has 1 unspecified atom stereocenters. The van der Waals surface area contributed by atoms with Gasteiger partial charge in [0.05, 0.1) is 17.1 Å². The molecule has 0 aliphatic carbocycles. The molecule has 0 aliphatic heterocycles. The van der Waals surface area contributed by atoms with E-state index in [1.54, 1.807) is 12.4 Å². The zero-order chi connectivity index (χ0) is 24.7. The second kappa shape index (κ2) is 10.9. The summed E-state index contributed by atoms with van der Waals surface area (Å²) in [7, 11) is 0. The van der Waals surface area contributed by atoms with E-state index in [0.717, 1.165) is 39.4 Å². The normalized spacial score (nSPS) is 11.8. The van der Waals surface area contributed by atoms with Gasteiger partial charge in [0.1, 0.15) is 18.2 Å². The first-order valence-electron chi connectivity index (χ1n) is 12.1. The van der Waals surface area contributed by atoms with Crippen LogP contribution in [0.25, 0.3) is 16.7 Å². The zero-order valence-electron chi connectivity index (χ0n) is 20.2. The number of fused-ring (bicyclic) bond motifs is 1. The first-order valence-corrected chi connectivity index (χ1v) is 12.1. The van der Waals surface area contributed by atoms with Crippen molar-refractivity contribution in [3.8, 4) is 11.4 Å². The summed E-state index contributed by atoms with van der Waals surface area (Å²) in [4.78, 5) is 21.7. The Kier molecular flexibility index (Phi) is 7.03. The number of aromatic nitrogens is 3. The second-order valence-corrected chi connectivity index (χ2v) is 8.70. The van der Waals surface area contributed by atoms with Crippen LogP contribution in [0.3, 0.4) is 0 Å². The molecule has 5 aromatic rings. The highest BCUT2D eigenvalue weighted by atomic mass is 16.5. The van der Waals surface area contributed by atoms with Gasteiger partial charge in [0, 0.05) is 36.5 Å². The van der Waals surface area contributed by atoms with E-state index in [-0.39, 0.29) is 11.9 Å². The highest BCUT2D eigenvalue weighted by Gasteiger charge is 2.15. The number of aryl methyl sites for hydroxylation is 1. The molecule has 6 nitrogen and oxygen atoms in total. The van der Waals surface area contributed by atoms with Crippen LogP contribution in [0.1, 0.15) is 36.3 Å². The van der Waals surface area contributed by atoms with Crippen LogP contribution < -0.4 is 10.1 Å². The summed E-state index contributed by atoms with van der Waals surface area (Å²) in [6.45, 7) is 2.45. The lowest BCUT2D eigenvalue weighted by molar-refractivity contribution is -0.121. The van der Waals surface area contributed by atoms with Gasteiger partial charge >= 0.3 is 0 Å². The number of para-hydroxylation sites is 3. The van der Waals surface area contributed by atoms with Gasteiger partial charge in [-0.15, -0.1) is 0 Å². The summed E-state index contributed by atoms with van der Waals surface area (Å²) in [5.41, 5.74) is 5.05. The van der Waals surface area contributed by atoms with E-state index in [1.165, 1.54) is 0 Å². The van der Waals surface area contributed by atoms with Gasteiger partial charge in [-0.2, -0.15) is 0 Å². The van der Waals surface area contributed by atoms with E-state index < -0.39 is 0 Å². The number of benzene rings is 3. The number of carbonyl (C=O) groups excluding carboxylic acids is 1. The summed E-state index contributed by atoms with van der Waals surface area (Å²) in [5, 5.41) is 3.11. The molecular weight excluding hydrogens is 448 g/mol. The lowest BCUT2D eigenvalue weighted by atomic mass is 10.1. The summed E-state index contributed by atoms with van der Waals surface area (Å²) < 4.78 is 7.97. The second-order valence-electron chi connectivity index (χ2n) is 8.70. The Morgan fingerprint density at radius 1 is 0.944 bits per heavy atom. The minimum atomic E-state index is -0.113. The molecule has 180 valence electrons. The Balaban J connectivity index is 1.20. The van der Waals surface area contributed by atoms with Crippen LogP contribution >= 0.6 is 0 Å². The maximum Gasteiger partial charge on any atom is 0.220 e. The molecule has 0 fully saturated rings. The molecule has 1 N–H and O–H groups in total. The quantitative estimate of drug-likeness (QED) is 0.292. The number of hydrogen-bond donors (Lipinski definition) is 1. The summed E-state index contributed by atoms with van der Waals surface area (Å²) >= 11 is 0. The molecule has 0 spiro atoms. The van der Waals surface area contributed by atoms with Crippen molar-refractivity contribution in [1.82, 2.24) is 19.9 Å². The lowest BCUT2D eigenvalue weighted by Gasteiger charge is -2.15. The van der Waals surface area contributed by atoms with Crippen molar-refractivity contribution < 1.29 is 9.53 Å². The summed E-state index contributed by atoms with van der Waals surface area (Å²) in [6.07, 6.45) is 4.43. The monoisotopic (exact) mass is 476 g/mol. The maximum absolute atomic E-state index is 12.8. The molecule has 0 radical (unpaired) electrons. The number of carbonyl (C=O) groups is 1. The van der Waals surface area contributed by atoms with Crippen LogP contribution in [0, 0.1) is 0 Å². The Morgan fingerprint density at radius 3 is 2.50 bits per heavy atom. The molecule has 0 saturated heterocycles. The number of ether oxygens (including phenoxy) is 1. The highest BCUT2D eigenvalue weighted by Crippen LogP contribution is 2.23. The van der Waals surface area contributed by atoms with Gasteiger partial charge in [-0.1, -0.05) is 48.5 Å². The SMILES string of the molecule is CC(NC(=O)CCc1nc2ccccc2n1-c1ccccc1)c1ccc(OCc2cccnc2)cc1. The Hall–Kier alpha value is -4.45. The predicted octanol–water partition coefficient (Wildman–Crippen LogP) is 5.81. The van der Waals surface area contributed by atoms with Gasteiger partial charge in [0.2, 0.25) is 5.91 Å². The largest absolute Gasteiger partial charge is 0.489 e. The molecule has 2 heterocycles.